The molecule has 1 aliphatic heterocycles. The highest BCUT2D eigenvalue weighted by molar-refractivity contribution is 4.87. The lowest BCUT2D eigenvalue weighted by Crippen LogP contribution is -2.39. The van der Waals surface area contributed by atoms with Crippen LogP contribution < -0.4 is 0 Å². The Hall–Kier alpha value is -0.940. The molecular weight excluding hydrogens is 230 g/mol. The Bertz CT molecular complexity index is 365. The van der Waals surface area contributed by atoms with Crippen LogP contribution in [-0.4, -0.2) is 39.3 Å². The van der Waals surface area contributed by atoms with E-state index < -0.39 is 0 Å². The largest absolute Gasteiger partial charge is 0.393 e. The van der Waals surface area contributed by atoms with Gasteiger partial charge in [-0.25, -0.2) is 0 Å². The number of likely N-dealkylation sites (tertiary alicyclic amines) is 1. The third-order valence-electron chi connectivity index (χ3n) is 3.57. The molecule has 2 heterocycles. The molecule has 0 spiro atoms. The van der Waals surface area contributed by atoms with Crippen LogP contribution >= 0.6 is 0 Å². The lowest BCUT2D eigenvalue weighted by atomic mass is 9.93. The number of rotatable bonds is 5. The van der Waals surface area contributed by atoms with Crippen LogP contribution in [0.15, 0.2) is 4.52 Å². The van der Waals surface area contributed by atoms with E-state index in [1.54, 1.807) is 0 Å². The first-order chi connectivity index (χ1) is 8.69. The molecule has 5 heteroatoms. The van der Waals surface area contributed by atoms with Crippen LogP contribution in [0, 0.1) is 5.92 Å². The zero-order chi connectivity index (χ0) is 13.0. The van der Waals surface area contributed by atoms with Crippen molar-refractivity contribution >= 4 is 0 Å². The van der Waals surface area contributed by atoms with Crippen molar-refractivity contribution in [2.45, 2.75) is 52.2 Å². The molecule has 5 nitrogen and oxygen atoms in total. The average molecular weight is 253 g/mol. The lowest BCUT2D eigenvalue weighted by Gasteiger charge is -2.33. The van der Waals surface area contributed by atoms with Crippen molar-refractivity contribution in [1.29, 1.82) is 0 Å². The molecule has 1 saturated heterocycles. The highest BCUT2D eigenvalue weighted by atomic mass is 16.5. The number of aromatic nitrogens is 2. The van der Waals surface area contributed by atoms with Crippen LogP contribution in [0.25, 0.3) is 0 Å². The van der Waals surface area contributed by atoms with Gasteiger partial charge in [0.1, 0.15) is 0 Å². The van der Waals surface area contributed by atoms with Crippen molar-refractivity contribution in [3.8, 4) is 0 Å². The number of piperidine rings is 1. The van der Waals surface area contributed by atoms with E-state index in [4.69, 9.17) is 4.52 Å². The number of hydrogen-bond donors (Lipinski definition) is 1. The highest BCUT2D eigenvalue weighted by Gasteiger charge is 2.24. The molecule has 2 atom stereocenters. The predicted molar refractivity (Wildman–Crippen MR) is 68.0 cm³/mol. The summed E-state index contributed by atoms with van der Waals surface area (Å²) in [6.07, 6.45) is 3.92. The van der Waals surface area contributed by atoms with E-state index in [0.717, 1.165) is 44.6 Å². The average Bonchev–Trinajstić information content (AvgIpc) is 2.77. The van der Waals surface area contributed by atoms with Crippen molar-refractivity contribution in [2.24, 2.45) is 5.92 Å². The molecule has 0 saturated carbocycles. The Morgan fingerprint density at radius 1 is 1.56 bits per heavy atom. The Kier molecular flexibility index (Phi) is 4.72. The van der Waals surface area contributed by atoms with E-state index in [1.165, 1.54) is 0 Å². The van der Waals surface area contributed by atoms with Crippen LogP contribution in [0.1, 0.15) is 44.8 Å². The van der Waals surface area contributed by atoms with Gasteiger partial charge in [0, 0.05) is 13.0 Å². The molecule has 102 valence electrons. The van der Waals surface area contributed by atoms with Crippen molar-refractivity contribution in [3.63, 3.8) is 0 Å². The first kappa shape index (κ1) is 13.5. The molecular formula is C13H23N3O2. The second kappa shape index (κ2) is 6.29. The fourth-order valence-corrected chi connectivity index (χ4v) is 2.50. The molecule has 0 bridgehead atoms. The van der Waals surface area contributed by atoms with Gasteiger partial charge in [0.15, 0.2) is 5.82 Å². The van der Waals surface area contributed by atoms with E-state index in [0.29, 0.717) is 18.4 Å². The molecule has 1 aromatic rings. The van der Waals surface area contributed by atoms with Gasteiger partial charge in [-0.15, -0.1) is 0 Å². The zero-order valence-electron chi connectivity index (χ0n) is 11.3. The van der Waals surface area contributed by atoms with Crippen LogP contribution in [0.4, 0.5) is 0 Å². The number of aliphatic hydroxyl groups excluding tert-OH is 1. The molecule has 0 radical (unpaired) electrons. The van der Waals surface area contributed by atoms with Crippen LogP contribution in [-0.2, 0) is 13.0 Å². The lowest BCUT2D eigenvalue weighted by molar-refractivity contribution is 0.0556. The summed E-state index contributed by atoms with van der Waals surface area (Å²) in [7, 11) is 0. The quantitative estimate of drug-likeness (QED) is 0.864. The molecule has 1 N–H and O–H groups in total. The summed E-state index contributed by atoms with van der Waals surface area (Å²) in [4.78, 5) is 6.68. The van der Waals surface area contributed by atoms with Gasteiger partial charge in [0.25, 0.3) is 0 Å². The van der Waals surface area contributed by atoms with E-state index in [2.05, 4.69) is 22.0 Å². The predicted octanol–water partition coefficient (Wildman–Crippen LogP) is 1.61. The molecule has 0 aliphatic carbocycles. The number of nitrogens with zero attached hydrogens (tertiary/aromatic N) is 3. The Morgan fingerprint density at radius 2 is 2.39 bits per heavy atom. The summed E-state index contributed by atoms with van der Waals surface area (Å²) in [6.45, 7) is 6.66. The normalized spacial score (nSPS) is 23.2. The first-order valence-electron chi connectivity index (χ1n) is 6.91. The summed E-state index contributed by atoms with van der Waals surface area (Å²) in [5.41, 5.74) is 0. The highest BCUT2D eigenvalue weighted by Crippen LogP contribution is 2.20. The van der Waals surface area contributed by atoms with Gasteiger partial charge in [-0.2, -0.15) is 4.98 Å². The Balaban J connectivity index is 1.87. The Morgan fingerprint density at radius 3 is 3.11 bits per heavy atom. The monoisotopic (exact) mass is 253 g/mol. The third kappa shape index (κ3) is 3.53. The van der Waals surface area contributed by atoms with Gasteiger partial charge >= 0.3 is 0 Å². The topological polar surface area (TPSA) is 62.4 Å². The Labute approximate surface area is 108 Å². The van der Waals surface area contributed by atoms with Crippen LogP contribution in [0.2, 0.25) is 0 Å². The van der Waals surface area contributed by atoms with E-state index >= 15 is 0 Å². The van der Waals surface area contributed by atoms with Crippen LogP contribution in [0.3, 0.4) is 0 Å². The minimum Gasteiger partial charge on any atom is -0.393 e. The molecule has 1 aliphatic rings. The SMILES string of the molecule is CCCc1noc(CN2CCCC(C(C)O)C2)n1. The molecule has 2 unspecified atom stereocenters. The molecule has 1 fully saturated rings. The second-order valence-electron chi connectivity index (χ2n) is 5.23. The van der Waals surface area contributed by atoms with Crippen LogP contribution in [0.5, 0.6) is 0 Å². The van der Waals surface area contributed by atoms with Crippen molar-refractivity contribution in [2.75, 3.05) is 13.1 Å². The van der Waals surface area contributed by atoms with Crippen molar-refractivity contribution < 1.29 is 9.63 Å². The zero-order valence-corrected chi connectivity index (χ0v) is 11.3. The summed E-state index contributed by atoms with van der Waals surface area (Å²) in [6, 6.07) is 0. The van der Waals surface area contributed by atoms with Crippen molar-refractivity contribution in [3.05, 3.63) is 11.7 Å². The third-order valence-corrected chi connectivity index (χ3v) is 3.57. The van der Waals surface area contributed by atoms with Gasteiger partial charge in [0.05, 0.1) is 12.6 Å². The maximum Gasteiger partial charge on any atom is 0.240 e. The van der Waals surface area contributed by atoms with Gasteiger partial charge < -0.3 is 9.63 Å². The maximum absolute atomic E-state index is 9.66. The molecule has 0 amide bonds. The fraction of sp³-hybridized carbons (Fsp3) is 0.846. The fourth-order valence-electron chi connectivity index (χ4n) is 2.50. The maximum atomic E-state index is 9.66. The minimum atomic E-state index is -0.230. The standard InChI is InChI=1S/C13H23N3O2/c1-3-5-12-14-13(18-15-12)9-16-7-4-6-11(8-16)10(2)17/h10-11,17H,3-9H2,1-2H3. The van der Waals surface area contributed by atoms with E-state index in [1.807, 2.05) is 6.92 Å². The molecule has 18 heavy (non-hydrogen) atoms. The molecule has 1 aromatic heterocycles. The number of hydrogen-bond acceptors (Lipinski definition) is 5. The van der Waals surface area contributed by atoms with Gasteiger partial charge in [-0.3, -0.25) is 4.90 Å². The minimum absolute atomic E-state index is 0.230. The number of aliphatic hydroxyl groups is 1. The number of aryl methyl sites for hydroxylation is 1. The smallest absolute Gasteiger partial charge is 0.240 e. The van der Waals surface area contributed by atoms with Gasteiger partial charge in [-0.1, -0.05) is 12.1 Å². The summed E-state index contributed by atoms with van der Waals surface area (Å²) in [5.74, 6) is 1.87. The van der Waals surface area contributed by atoms with Gasteiger partial charge in [0.2, 0.25) is 5.89 Å². The molecule has 0 aromatic carbocycles. The molecule has 2 rings (SSSR count). The first-order valence-corrected chi connectivity index (χ1v) is 6.91. The summed E-state index contributed by atoms with van der Waals surface area (Å²) >= 11 is 0. The van der Waals surface area contributed by atoms with E-state index in [-0.39, 0.29) is 6.10 Å². The summed E-state index contributed by atoms with van der Waals surface area (Å²) < 4.78 is 5.25. The summed E-state index contributed by atoms with van der Waals surface area (Å²) in [5, 5.41) is 13.6. The van der Waals surface area contributed by atoms with Crippen molar-refractivity contribution in [1.82, 2.24) is 15.0 Å². The van der Waals surface area contributed by atoms with E-state index in [9.17, 15) is 5.11 Å². The van der Waals surface area contributed by atoms with Gasteiger partial charge in [-0.05, 0) is 38.6 Å². The second-order valence-corrected chi connectivity index (χ2v) is 5.23.